The minimum atomic E-state index is -0.559. The van der Waals surface area contributed by atoms with Crippen molar-refractivity contribution in [1.29, 1.82) is 0 Å². The second-order valence-corrected chi connectivity index (χ2v) is 11.1. The number of fused-ring (bicyclic) bond motifs is 1. The smallest absolute Gasteiger partial charge is 0.415 e. The zero-order valence-electron chi connectivity index (χ0n) is 24.8. The van der Waals surface area contributed by atoms with E-state index in [1.165, 1.54) is 4.90 Å². The monoisotopic (exact) mass is 605 g/mol. The number of cyclic esters (lactones) is 1. The van der Waals surface area contributed by atoms with Crippen LogP contribution in [0.25, 0.3) is 11.3 Å². The molecule has 44 heavy (non-hydrogen) atoms. The normalized spacial score (nSPS) is 16.0. The number of pyridine rings is 3. The molecule has 5 heterocycles. The fourth-order valence-corrected chi connectivity index (χ4v) is 4.47. The van der Waals surface area contributed by atoms with Crippen LogP contribution in [0.5, 0.6) is 11.5 Å². The number of carbonyl (C=O) groups is 3. The molecule has 3 aromatic rings. The lowest BCUT2D eigenvalue weighted by Gasteiger charge is -2.19. The van der Waals surface area contributed by atoms with Gasteiger partial charge in [-0.1, -0.05) is 0 Å². The second-order valence-electron chi connectivity index (χ2n) is 11.1. The standard InChI is InChI=1S/C30H35N7O7/c1-30(2,3)44-28(39)34-12-13-41-21-8-11-33-23(15-21)19-6-10-32-20(14-19)16-31-9-7-22-17-37(29(40)43-22)25-5-4-24-27(35-25)36-26(38)18-42-24/h4-6,8,10-11,14-15,22,31H,7,9,12-13,16-18H2,1-3H3,(H,34,39)(H,35,36,38)/t22-/m0/s1. The first-order valence-corrected chi connectivity index (χ1v) is 14.3. The van der Waals surface area contributed by atoms with Crippen LogP contribution < -0.4 is 30.3 Å². The largest absolute Gasteiger partial charge is 0.492 e. The Kier molecular flexibility index (Phi) is 9.38. The van der Waals surface area contributed by atoms with E-state index in [1.54, 1.807) is 51.4 Å². The van der Waals surface area contributed by atoms with Crippen molar-refractivity contribution < 1.29 is 33.3 Å². The van der Waals surface area contributed by atoms with Gasteiger partial charge in [-0.2, -0.15) is 0 Å². The third-order valence-corrected chi connectivity index (χ3v) is 6.44. The Morgan fingerprint density at radius 3 is 2.80 bits per heavy atom. The molecular formula is C30H35N7O7. The van der Waals surface area contributed by atoms with Gasteiger partial charge in [-0.05, 0) is 64.1 Å². The molecule has 3 aromatic heterocycles. The Morgan fingerprint density at radius 2 is 1.95 bits per heavy atom. The summed E-state index contributed by atoms with van der Waals surface area (Å²) in [6.07, 6.45) is 2.69. The quantitative estimate of drug-likeness (QED) is 0.275. The molecular weight excluding hydrogens is 570 g/mol. The summed E-state index contributed by atoms with van der Waals surface area (Å²) in [5, 5.41) is 8.66. The molecule has 0 unspecified atom stereocenters. The Bertz CT molecular complexity index is 1510. The fraction of sp³-hybridized carbons (Fsp3) is 0.400. The van der Waals surface area contributed by atoms with E-state index in [4.69, 9.17) is 18.9 Å². The van der Waals surface area contributed by atoms with Crippen molar-refractivity contribution >= 4 is 29.7 Å². The first kappa shape index (κ1) is 30.5. The summed E-state index contributed by atoms with van der Waals surface area (Å²) in [5.41, 5.74) is 1.88. The number of amides is 3. The average Bonchev–Trinajstić information content (AvgIpc) is 3.36. The van der Waals surface area contributed by atoms with Gasteiger partial charge in [0.2, 0.25) is 0 Å². The van der Waals surface area contributed by atoms with Crippen LogP contribution in [0.4, 0.5) is 21.2 Å². The van der Waals surface area contributed by atoms with Crippen LogP contribution in [0.2, 0.25) is 0 Å². The van der Waals surface area contributed by atoms with Crippen molar-refractivity contribution in [3.8, 4) is 22.8 Å². The molecule has 0 saturated carbocycles. The maximum atomic E-state index is 12.5. The van der Waals surface area contributed by atoms with E-state index in [1.807, 2.05) is 18.2 Å². The van der Waals surface area contributed by atoms with Gasteiger partial charge in [-0.3, -0.25) is 19.7 Å². The van der Waals surface area contributed by atoms with Crippen LogP contribution in [0.1, 0.15) is 32.9 Å². The highest BCUT2D eigenvalue weighted by molar-refractivity contribution is 5.95. The van der Waals surface area contributed by atoms with E-state index in [-0.39, 0.29) is 31.0 Å². The van der Waals surface area contributed by atoms with Crippen LogP contribution in [0.15, 0.2) is 48.8 Å². The Morgan fingerprint density at radius 1 is 1.11 bits per heavy atom. The summed E-state index contributed by atoms with van der Waals surface area (Å²) in [6, 6.07) is 10.7. The summed E-state index contributed by atoms with van der Waals surface area (Å²) in [5.74, 6) is 1.46. The molecule has 1 fully saturated rings. The van der Waals surface area contributed by atoms with Crippen LogP contribution in [0, 0.1) is 0 Å². The lowest BCUT2D eigenvalue weighted by Crippen LogP contribution is -2.34. The number of hydrogen-bond donors (Lipinski definition) is 3. The van der Waals surface area contributed by atoms with Gasteiger partial charge in [0.1, 0.15) is 29.9 Å². The van der Waals surface area contributed by atoms with Crippen LogP contribution in [-0.2, 0) is 20.8 Å². The molecule has 0 aliphatic carbocycles. The van der Waals surface area contributed by atoms with E-state index in [0.717, 1.165) is 17.0 Å². The molecule has 14 heteroatoms. The number of anilines is 2. The Hall–Kier alpha value is -4.98. The van der Waals surface area contributed by atoms with E-state index < -0.39 is 17.8 Å². The van der Waals surface area contributed by atoms with E-state index in [0.29, 0.717) is 49.9 Å². The van der Waals surface area contributed by atoms with Gasteiger partial charge in [0.15, 0.2) is 18.2 Å². The molecule has 0 radical (unpaired) electrons. The van der Waals surface area contributed by atoms with Gasteiger partial charge in [0.25, 0.3) is 5.91 Å². The molecule has 3 amide bonds. The topological polar surface area (TPSA) is 166 Å². The SMILES string of the molecule is CC(C)(C)OC(=O)NCCOc1ccnc(-c2ccnc(CNCC[C@H]3CN(c4ccc5c(n4)NC(=O)CO5)C(=O)O3)c2)c1. The van der Waals surface area contributed by atoms with Gasteiger partial charge in [-0.25, -0.2) is 14.6 Å². The molecule has 2 aliphatic rings. The summed E-state index contributed by atoms with van der Waals surface area (Å²) in [4.78, 5) is 50.6. The summed E-state index contributed by atoms with van der Waals surface area (Å²) in [6.45, 7) is 7.38. The number of nitrogens with one attached hydrogen (secondary N) is 3. The predicted molar refractivity (Wildman–Crippen MR) is 160 cm³/mol. The van der Waals surface area contributed by atoms with Crippen LogP contribution in [-0.4, -0.2) is 77.6 Å². The molecule has 0 bridgehead atoms. The summed E-state index contributed by atoms with van der Waals surface area (Å²) in [7, 11) is 0. The van der Waals surface area contributed by atoms with Crippen LogP contribution in [0.3, 0.4) is 0 Å². The maximum Gasteiger partial charge on any atom is 0.415 e. The van der Waals surface area contributed by atoms with Crippen molar-refractivity contribution in [2.75, 3.05) is 43.1 Å². The van der Waals surface area contributed by atoms with Gasteiger partial charge in [0.05, 0.1) is 24.5 Å². The number of alkyl carbamates (subject to hydrolysis) is 1. The van der Waals surface area contributed by atoms with Gasteiger partial charge >= 0.3 is 12.2 Å². The zero-order valence-corrected chi connectivity index (χ0v) is 24.8. The van der Waals surface area contributed by atoms with Crippen molar-refractivity contribution in [3.05, 3.63) is 54.5 Å². The minimum Gasteiger partial charge on any atom is -0.492 e. The molecule has 1 saturated heterocycles. The zero-order chi connectivity index (χ0) is 31.1. The highest BCUT2D eigenvalue weighted by Gasteiger charge is 2.33. The molecule has 0 spiro atoms. The highest BCUT2D eigenvalue weighted by atomic mass is 16.6. The van der Waals surface area contributed by atoms with Gasteiger partial charge < -0.3 is 34.9 Å². The van der Waals surface area contributed by atoms with Gasteiger partial charge in [0, 0.05) is 30.6 Å². The first-order chi connectivity index (χ1) is 21.1. The van der Waals surface area contributed by atoms with Crippen molar-refractivity contribution in [1.82, 2.24) is 25.6 Å². The predicted octanol–water partition coefficient (Wildman–Crippen LogP) is 3.28. The third-order valence-electron chi connectivity index (χ3n) is 6.44. The molecule has 2 aliphatic heterocycles. The molecule has 232 valence electrons. The summed E-state index contributed by atoms with van der Waals surface area (Å²) >= 11 is 0. The van der Waals surface area contributed by atoms with E-state index in [9.17, 15) is 14.4 Å². The average molecular weight is 606 g/mol. The summed E-state index contributed by atoms with van der Waals surface area (Å²) < 4.78 is 21.8. The van der Waals surface area contributed by atoms with Crippen molar-refractivity contribution in [2.45, 2.75) is 45.4 Å². The molecule has 0 aromatic carbocycles. The number of hydrogen-bond acceptors (Lipinski definition) is 11. The van der Waals surface area contributed by atoms with E-state index in [2.05, 4.69) is 30.9 Å². The fourth-order valence-electron chi connectivity index (χ4n) is 4.47. The third kappa shape index (κ3) is 8.31. The molecule has 14 nitrogen and oxygen atoms in total. The molecule has 5 rings (SSSR count). The minimum absolute atomic E-state index is 0.0638. The lowest BCUT2D eigenvalue weighted by atomic mass is 10.1. The van der Waals surface area contributed by atoms with Crippen molar-refractivity contribution in [3.63, 3.8) is 0 Å². The second kappa shape index (κ2) is 13.5. The number of ether oxygens (including phenoxy) is 4. The number of rotatable bonds is 11. The number of carbonyl (C=O) groups excluding carboxylic acids is 3. The lowest BCUT2D eigenvalue weighted by molar-refractivity contribution is -0.118. The highest BCUT2D eigenvalue weighted by Crippen LogP contribution is 2.30. The van der Waals surface area contributed by atoms with Crippen molar-refractivity contribution in [2.24, 2.45) is 0 Å². The van der Waals surface area contributed by atoms with Gasteiger partial charge in [-0.15, -0.1) is 0 Å². The van der Waals surface area contributed by atoms with E-state index >= 15 is 0 Å². The first-order valence-electron chi connectivity index (χ1n) is 14.3. The number of aromatic nitrogens is 3. The molecule has 3 N–H and O–H groups in total. The Balaban J connectivity index is 1.06. The Labute approximate surface area is 254 Å². The molecule has 1 atom stereocenters. The van der Waals surface area contributed by atoms with Crippen LogP contribution >= 0.6 is 0 Å². The number of nitrogens with zero attached hydrogens (tertiary/aromatic N) is 4. The maximum absolute atomic E-state index is 12.5.